The number of esters is 1. The number of hydrogen-bond acceptors (Lipinski definition) is 12. The van der Waals surface area contributed by atoms with Gasteiger partial charge in [0.25, 0.3) is 0 Å². The minimum Gasteiger partial charge on any atom is -0.497 e. The van der Waals surface area contributed by atoms with Gasteiger partial charge >= 0.3 is 11.9 Å². The molecular weight excluding hydrogens is 520 g/mol. The molecule has 0 amide bonds. The van der Waals surface area contributed by atoms with E-state index >= 15 is 0 Å². The number of hydrogen-bond donors (Lipinski definition) is 6. The van der Waals surface area contributed by atoms with Gasteiger partial charge in [0.1, 0.15) is 41.3 Å². The fourth-order valence-corrected chi connectivity index (χ4v) is 5.19. The summed E-state index contributed by atoms with van der Waals surface area (Å²) in [5, 5.41) is 61.0. The van der Waals surface area contributed by atoms with Crippen molar-refractivity contribution in [2.45, 2.75) is 55.4 Å². The van der Waals surface area contributed by atoms with E-state index in [1.807, 2.05) is 0 Å². The Hall–Kier alpha value is -3.04. The molecule has 6 N–H and O–H groups in total. The first-order valence-electron chi connectivity index (χ1n) is 12.4. The maximum atomic E-state index is 12.4. The van der Waals surface area contributed by atoms with Crippen molar-refractivity contribution in [3.63, 3.8) is 0 Å². The molecule has 13 nitrogen and oxygen atoms in total. The molecule has 9 unspecified atom stereocenters. The number of fused-ring (bicyclic) bond motifs is 1. The van der Waals surface area contributed by atoms with E-state index in [0.29, 0.717) is 5.75 Å². The second kappa shape index (κ2) is 12.0. The molecule has 13 heteroatoms. The number of methoxy groups -OCH3 is 1. The number of aliphatic hydroxyl groups is 5. The molecule has 2 heterocycles. The molecule has 0 spiro atoms. The minimum atomic E-state index is -1.92. The number of carboxylic acid groups (broad SMARTS) is 1. The Bertz CT molecular complexity index is 1080. The number of carboxylic acids is 1. The van der Waals surface area contributed by atoms with Gasteiger partial charge in [0.2, 0.25) is 6.29 Å². The highest BCUT2D eigenvalue weighted by Crippen LogP contribution is 2.50. The summed E-state index contributed by atoms with van der Waals surface area (Å²) in [6.07, 6.45) is -5.44. The zero-order valence-electron chi connectivity index (χ0n) is 21.0. The minimum absolute atomic E-state index is 0.00237. The lowest BCUT2D eigenvalue weighted by Gasteiger charge is -2.45. The molecule has 1 saturated heterocycles. The first kappa shape index (κ1) is 29.0. The summed E-state index contributed by atoms with van der Waals surface area (Å²) in [5.41, 5.74) is -1.60. The van der Waals surface area contributed by atoms with Gasteiger partial charge in [0, 0.05) is 12.0 Å². The van der Waals surface area contributed by atoms with E-state index in [4.69, 9.17) is 23.7 Å². The fourth-order valence-electron chi connectivity index (χ4n) is 5.19. The van der Waals surface area contributed by atoms with Crippen LogP contribution in [0.5, 0.6) is 5.75 Å². The molecule has 1 saturated carbocycles. The van der Waals surface area contributed by atoms with Crippen LogP contribution in [0.15, 0.2) is 42.2 Å². The van der Waals surface area contributed by atoms with Crippen LogP contribution in [-0.2, 0) is 28.5 Å². The molecule has 2 aliphatic heterocycles. The third kappa shape index (κ3) is 5.94. The van der Waals surface area contributed by atoms with Gasteiger partial charge < -0.3 is 54.3 Å². The smallest absolute Gasteiger partial charge is 0.337 e. The molecular formula is C26H32O13. The molecule has 9 atom stereocenters. The first-order valence-corrected chi connectivity index (χ1v) is 12.4. The maximum Gasteiger partial charge on any atom is 0.337 e. The van der Waals surface area contributed by atoms with E-state index in [9.17, 15) is 40.2 Å². The van der Waals surface area contributed by atoms with E-state index in [-0.39, 0.29) is 19.4 Å². The summed E-state index contributed by atoms with van der Waals surface area (Å²) in [5.74, 6) is -3.11. The van der Waals surface area contributed by atoms with E-state index < -0.39 is 78.6 Å². The van der Waals surface area contributed by atoms with E-state index in [1.165, 1.54) is 6.08 Å². The van der Waals surface area contributed by atoms with Crippen LogP contribution in [0.1, 0.15) is 18.4 Å². The maximum absolute atomic E-state index is 12.4. The highest BCUT2D eigenvalue weighted by Gasteiger charge is 2.59. The van der Waals surface area contributed by atoms with Crippen LogP contribution < -0.4 is 4.74 Å². The topological polar surface area (TPSA) is 202 Å². The molecule has 214 valence electrons. The van der Waals surface area contributed by atoms with Crippen LogP contribution >= 0.6 is 0 Å². The van der Waals surface area contributed by atoms with Crippen molar-refractivity contribution < 1.29 is 63.9 Å². The molecule has 39 heavy (non-hydrogen) atoms. The Labute approximate surface area is 223 Å². The Kier molecular flexibility index (Phi) is 8.91. The Morgan fingerprint density at radius 3 is 2.46 bits per heavy atom. The highest BCUT2D eigenvalue weighted by atomic mass is 16.8. The highest BCUT2D eigenvalue weighted by molar-refractivity contribution is 5.89. The van der Waals surface area contributed by atoms with Gasteiger partial charge in [-0.15, -0.1) is 0 Å². The summed E-state index contributed by atoms with van der Waals surface area (Å²) >= 11 is 0. The molecule has 0 aromatic heterocycles. The van der Waals surface area contributed by atoms with Crippen LogP contribution in [-0.4, -0.2) is 105 Å². The van der Waals surface area contributed by atoms with E-state index in [1.54, 1.807) is 37.5 Å². The van der Waals surface area contributed by atoms with Crippen molar-refractivity contribution in [3.05, 3.63) is 47.7 Å². The van der Waals surface area contributed by atoms with E-state index in [0.717, 1.165) is 11.8 Å². The standard InChI is InChI=1S/C26H32O13/c1-35-15-5-2-13(3-6-15)4-7-18(28)36-11-14-8-9-26(34)16(23(32)33)12-37-24(19(14)26)39-25-22(31)21(30)20(29)17(10-27)38-25/h2-7,12,14,17,19-22,24-25,27,29-31,34H,8-11H2,1H3,(H,32,33). The number of carbonyl (C=O) groups is 2. The number of aliphatic carboxylic acids is 1. The Balaban J connectivity index is 1.47. The average molecular weight is 553 g/mol. The summed E-state index contributed by atoms with van der Waals surface area (Å²) < 4.78 is 27.1. The second-order valence-corrected chi connectivity index (χ2v) is 9.66. The molecule has 0 bridgehead atoms. The van der Waals surface area contributed by atoms with Crippen LogP contribution in [0.2, 0.25) is 0 Å². The summed E-state index contributed by atoms with van der Waals surface area (Å²) in [7, 11) is 1.54. The predicted octanol–water partition coefficient (Wildman–Crippen LogP) is -0.850. The quantitative estimate of drug-likeness (QED) is 0.164. The summed E-state index contributed by atoms with van der Waals surface area (Å²) in [6, 6.07) is 6.97. The number of rotatable bonds is 9. The van der Waals surface area contributed by atoms with Crippen molar-refractivity contribution >= 4 is 18.0 Å². The van der Waals surface area contributed by atoms with Crippen LogP contribution in [0.3, 0.4) is 0 Å². The molecule has 0 radical (unpaired) electrons. The SMILES string of the molecule is COc1ccc(C=CC(=O)OCC2CCC3(O)C(C(=O)O)=COC(OC4OC(CO)C(O)C(O)C4O)C23)cc1. The second-order valence-electron chi connectivity index (χ2n) is 9.66. The van der Waals surface area contributed by atoms with Crippen molar-refractivity contribution in [2.75, 3.05) is 20.3 Å². The largest absolute Gasteiger partial charge is 0.497 e. The third-order valence-electron chi connectivity index (χ3n) is 7.35. The Morgan fingerprint density at radius 1 is 1.10 bits per heavy atom. The van der Waals surface area contributed by atoms with Crippen molar-refractivity contribution in [1.82, 2.24) is 0 Å². The van der Waals surface area contributed by atoms with Gasteiger partial charge in [0.15, 0.2) is 6.29 Å². The van der Waals surface area contributed by atoms with Crippen molar-refractivity contribution in [3.8, 4) is 5.75 Å². The molecule has 4 rings (SSSR count). The molecule has 3 aliphatic rings. The lowest BCUT2D eigenvalue weighted by Crippen LogP contribution is -2.61. The number of aliphatic hydroxyl groups excluding tert-OH is 4. The molecule has 1 aromatic carbocycles. The number of carbonyl (C=O) groups excluding carboxylic acids is 1. The third-order valence-corrected chi connectivity index (χ3v) is 7.35. The zero-order chi connectivity index (χ0) is 28.3. The zero-order valence-corrected chi connectivity index (χ0v) is 21.0. The van der Waals surface area contributed by atoms with Gasteiger partial charge in [-0.25, -0.2) is 9.59 Å². The van der Waals surface area contributed by atoms with Crippen molar-refractivity contribution in [2.24, 2.45) is 11.8 Å². The lowest BCUT2D eigenvalue weighted by atomic mass is 9.79. The molecule has 1 aliphatic carbocycles. The fraction of sp³-hybridized carbons (Fsp3) is 0.538. The monoisotopic (exact) mass is 552 g/mol. The normalized spacial score (nSPS) is 36.1. The van der Waals surface area contributed by atoms with Crippen LogP contribution in [0, 0.1) is 11.8 Å². The first-order chi connectivity index (χ1) is 18.6. The van der Waals surface area contributed by atoms with Gasteiger partial charge in [-0.3, -0.25) is 0 Å². The molecule has 1 aromatic rings. The van der Waals surface area contributed by atoms with Crippen LogP contribution in [0.4, 0.5) is 0 Å². The Morgan fingerprint density at radius 2 is 1.82 bits per heavy atom. The lowest BCUT2D eigenvalue weighted by molar-refractivity contribution is -0.347. The predicted molar refractivity (Wildman–Crippen MR) is 130 cm³/mol. The average Bonchev–Trinajstić information content (AvgIpc) is 3.28. The summed E-state index contributed by atoms with van der Waals surface area (Å²) in [6.45, 7) is -0.890. The molecule has 2 fully saturated rings. The van der Waals surface area contributed by atoms with E-state index in [2.05, 4.69) is 0 Å². The van der Waals surface area contributed by atoms with Gasteiger partial charge in [-0.1, -0.05) is 12.1 Å². The summed E-state index contributed by atoms with van der Waals surface area (Å²) in [4.78, 5) is 24.2. The van der Waals surface area contributed by atoms with Crippen LogP contribution in [0.25, 0.3) is 6.08 Å². The van der Waals surface area contributed by atoms with Gasteiger partial charge in [-0.05, 0) is 36.6 Å². The van der Waals surface area contributed by atoms with Crippen molar-refractivity contribution in [1.29, 1.82) is 0 Å². The van der Waals surface area contributed by atoms with Gasteiger partial charge in [0.05, 0.1) is 32.5 Å². The van der Waals surface area contributed by atoms with Gasteiger partial charge in [-0.2, -0.15) is 0 Å². The number of benzene rings is 1. The number of ether oxygens (including phenoxy) is 5.